The molecule has 0 spiro atoms. The lowest BCUT2D eigenvalue weighted by Gasteiger charge is -1.91. The van der Waals surface area contributed by atoms with E-state index in [0.29, 0.717) is 0 Å². The molecule has 0 aliphatic carbocycles. The van der Waals surface area contributed by atoms with E-state index in [9.17, 15) is 4.79 Å². The number of allylic oxidation sites excluding steroid dienone is 1. The minimum absolute atomic E-state index is 0.0825. The van der Waals surface area contributed by atoms with Gasteiger partial charge in [-0.3, -0.25) is 4.79 Å². The molecule has 0 saturated carbocycles. The summed E-state index contributed by atoms with van der Waals surface area (Å²) >= 11 is 6.81. The molecule has 0 bridgehead atoms. The minimum Gasteiger partial charge on any atom is -0.288 e. The van der Waals surface area contributed by atoms with Crippen molar-refractivity contribution in [2.24, 2.45) is 0 Å². The van der Waals surface area contributed by atoms with Crippen LogP contribution >= 0.6 is 38.6 Å². The number of carbonyl (C=O) groups is 1. The smallest absolute Gasteiger partial charge is 0.195 e. The molecule has 0 aliphatic heterocycles. The van der Waals surface area contributed by atoms with Gasteiger partial charge in [0.05, 0.1) is 4.88 Å². The van der Waals surface area contributed by atoms with Crippen LogP contribution in [-0.4, -0.2) is 5.78 Å². The topological polar surface area (TPSA) is 17.1 Å². The van der Waals surface area contributed by atoms with E-state index in [-0.39, 0.29) is 5.78 Å². The highest BCUT2D eigenvalue weighted by molar-refractivity contribution is 9.10. The molecule has 2 heterocycles. The van der Waals surface area contributed by atoms with E-state index >= 15 is 0 Å². The molecule has 1 nitrogen and oxygen atoms in total. The van der Waals surface area contributed by atoms with Gasteiger partial charge in [0.1, 0.15) is 0 Å². The molecule has 0 fully saturated rings. The SMILES string of the molecule is CCCc1sc(C(=O)/C=C/c2ccc(C)s2)cc1Br. The first-order chi connectivity index (χ1) is 9.10. The molecule has 2 aromatic rings. The molecule has 0 unspecified atom stereocenters. The fourth-order valence-corrected chi connectivity index (χ4v) is 4.38. The monoisotopic (exact) mass is 354 g/mol. The Morgan fingerprint density at radius 3 is 2.79 bits per heavy atom. The van der Waals surface area contributed by atoms with E-state index in [1.807, 2.05) is 18.2 Å². The predicted octanol–water partition coefficient (Wildman–Crippen LogP) is 5.73. The van der Waals surface area contributed by atoms with Gasteiger partial charge in [0, 0.05) is 19.1 Å². The summed E-state index contributed by atoms with van der Waals surface area (Å²) < 4.78 is 1.06. The molecule has 100 valence electrons. The summed E-state index contributed by atoms with van der Waals surface area (Å²) in [5.74, 6) is 0.0825. The summed E-state index contributed by atoms with van der Waals surface area (Å²) in [5.41, 5.74) is 0. The maximum atomic E-state index is 12.1. The van der Waals surface area contributed by atoms with E-state index in [1.165, 1.54) is 9.75 Å². The Labute approximate surface area is 130 Å². The number of halogens is 1. The van der Waals surface area contributed by atoms with Crippen molar-refractivity contribution in [2.75, 3.05) is 0 Å². The predicted molar refractivity (Wildman–Crippen MR) is 88.4 cm³/mol. The normalized spacial score (nSPS) is 11.3. The number of carbonyl (C=O) groups excluding carboxylic acids is 1. The van der Waals surface area contributed by atoms with Crippen molar-refractivity contribution >= 4 is 50.5 Å². The van der Waals surface area contributed by atoms with Crippen LogP contribution in [0.2, 0.25) is 0 Å². The first kappa shape index (κ1) is 14.7. The summed E-state index contributed by atoms with van der Waals surface area (Å²) in [6.45, 7) is 4.21. The molecule has 0 radical (unpaired) electrons. The maximum absolute atomic E-state index is 12.1. The van der Waals surface area contributed by atoms with Crippen molar-refractivity contribution in [3.05, 3.63) is 48.3 Å². The summed E-state index contributed by atoms with van der Waals surface area (Å²) in [6.07, 6.45) is 5.68. The Morgan fingerprint density at radius 1 is 1.37 bits per heavy atom. The Morgan fingerprint density at radius 2 is 2.16 bits per heavy atom. The number of hydrogen-bond donors (Lipinski definition) is 0. The molecule has 0 aromatic carbocycles. The zero-order chi connectivity index (χ0) is 13.8. The highest BCUT2D eigenvalue weighted by Crippen LogP contribution is 2.29. The van der Waals surface area contributed by atoms with Gasteiger partial charge in [-0.1, -0.05) is 13.3 Å². The van der Waals surface area contributed by atoms with E-state index in [4.69, 9.17) is 0 Å². The third-order valence-electron chi connectivity index (χ3n) is 2.64. The van der Waals surface area contributed by atoms with Gasteiger partial charge >= 0.3 is 0 Å². The van der Waals surface area contributed by atoms with E-state index in [1.54, 1.807) is 28.7 Å². The Hall–Kier alpha value is -0.710. The van der Waals surface area contributed by atoms with Gasteiger partial charge in [0.2, 0.25) is 0 Å². The lowest BCUT2D eigenvalue weighted by atomic mass is 10.2. The lowest BCUT2D eigenvalue weighted by molar-refractivity contribution is 0.105. The summed E-state index contributed by atoms with van der Waals surface area (Å²) in [4.78, 5) is 16.5. The highest BCUT2D eigenvalue weighted by atomic mass is 79.9. The van der Waals surface area contributed by atoms with Crippen LogP contribution in [0.25, 0.3) is 6.08 Å². The molecule has 0 N–H and O–H groups in total. The highest BCUT2D eigenvalue weighted by Gasteiger charge is 2.10. The molecular formula is C15H15BrOS2. The third-order valence-corrected chi connectivity index (χ3v) is 5.78. The van der Waals surface area contributed by atoms with Gasteiger partial charge in [0.25, 0.3) is 0 Å². The largest absolute Gasteiger partial charge is 0.288 e. The molecule has 2 rings (SSSR count). The Bertz CT molecular complexity index is 607. The number of hydrogen-bond acceptors (Lipinski definition) is 3. The quantitative estimate of drug-likeness (QED) is 0.494. The average molecular weight is 355 g/mol. The van der Waals surface area contributed by atoms with Crippen LogP contribution in [0.15, 0.2) is 28.7 Å². The number of thiophene rings is 2. The second-order valence-electron chi connectivity index (χ2n) is 4.28. The van der Waals surface area contributed by atoms with E-state index < -0.39 is 0 Å². The fraction of sp³-hybridized carbons (Fsp3) is 0.267. The van der Waals surface area contributed by atoms with Gasteiger partial charge in [-0.15, -0.1) is 22.7 Å². The van der Waals surface area contributed by atoms with Gasteiger partial charge in [0.15, 0.2) is 5.78 Å². The lowest BCUT2D eigenvalue weighted by Crippen LogP contribution is -1.88. The minimum atomic E-state index is 0.0825. The fourth-order valence-electron chi connectivity index (χ4n) is 1.71. The first-order valence-electron chi connectivity index (χ1n) is 6.17. The van der Waals surface area contributed by atoms with Crippen LogP contribution in [0.3, 0.4) is 0 Å². The van der Waals surface area contributed by atoms with E-state index in [0.717, 1.165) is 27.1 Å². The third kappa shape index (κ3) is 3.88. The van der Waals surface area contributed by atoms with Gasteiger partial charge in [-0.05, 0) is 59.6 Å². The summed E-state index contributed by atoms with van der Waals surface area (Å²) in [7, 11) is 0. The molecule has 4 heteroatoms. The second kappa shape index (κ2) is 6.64. The molecular weight excluding hydrogens is 340 g/mol. The molecule has 2 aromatic heterocycles. The van der Waals surface area contributed by atoms with Gasteiger partial charge in [-0.2, -0.15) is 0 Å². The summed E-state index contributed by atoms with van der Waals surface area (Å²) in [6, 6.07) is 6.04. The van der Waals surface area contributed by atoms with Crippen molar-refractivity contribution in [1.82, 2.24) is 0 Å². The van der Waals surface area contributed by atoms with Crippen LogP contribution in [0.5, 0.6) is 0 Å². The Balaban J connectivity index is 2.11. The van der Waals surface area contributed by atoms with Crippen molar-refractivity contribution in [3.8, 4) is 0 Å². The standard InChI is InChI=1S/C15H15BrOS2/c1-3-4-14-12(16)9-15(19-14)13(17)8-7-11-6-5-10(2)18-11/h5-9H,3-4H2,1-2H3/b8-7+. The Kier molecular flexibility index (Phi) is 5.13. The van der Waals surface area contributed by atoms with Crippen molar-refractivity contribution in [2.45, 2.75) is 26.7 Å². The van der Waals surface area contributed by atoms with Crippen LogP contribution in [0, 0.1) is 6.92 Å². The van der Waals surface area contributed by atoms with Crippen molar-refractivity contribution in [3.63, 3.8) is 0 Å². The first-order valence-corrected chi connectivity index (χ1v) is 8.59. The van der Waals surface area contributed by atoms with Crippen molar-refractivity contribution < 1.29 is 4.79 Å². The molecule has 0 amide bonds. The number of rotatable bonds is 5. The van der Waals surface area contributed by atoms with Crippen molar-refractivity contribution in [1.29, 1.82) is 0 Å². The number of ketones is 1. The number of aryl methyl sites for hydroxylation is 2. The average Bonchev–Trinajstić information content (AvgIpc) is 2.94. The van der Waals surface area contributed by atoms with E-state index in [2.05, 4.69) is 35.8 Å². The zero-order valence-corrected chi connectivity index (χ0v) is 14.1. The molecule has 19 heavy (non-hydrogen) atoms. The molecule has 0 atom stereocenters. The van der Waals surface area contributed by atoms with Gasteiger partial charge in [-0.25, -0.2) is 0 Å². The zero-order valence-electron chi connectivity index (χ0n) is 10.9. The van der Waals surface area contributed by atoms with Gasteiger partial charge < -0.3 is 0 Å². The van der Waals surface area contributed by atoms with Crippen LogP contribution in [0.4, 0.5) is 0 Å². The summed E-state index contributed by atoms with van der Waals surface area (Å²) in [5, 5.41) is 0. The van der Waals surface area contributed by atoms with Crippen LogP contribution in [-0.2, 0) is 6.42 Å². The second-order valence-corrected chi connectivity index (χ2v) is 7.59. The maximum Gasteiger partial charge on any atom is 0.195 e. The molecule has 0 aliphatic rings. The van der Waals surface area contributed by atoms with Crippen LogP contribution < -0.4 is 0 Å². The van der Waals surface area contributed by atoms with Crippen LogP contribution in [0.1, 0.15) is 37.6 Å². The molecule has 0 saturated heterocycles.